The van der Waals surface area contributed by atoms with E-state index in [-0.39, 0.29) is 12.2 Å². The molecule has 2 aromatic carbocycles. The molecule has 0 unspecified atom stereocenters. The quantitative estimate of drug-likeness (QED) is 0.697. The summed E-state index contributed by atoms with van der Waals surface area (Å²) in [5.41, 5.74) is -1.73. The smallest absolute Gasteiger partial charge is 0.303 e. The van der Waals surface area contributed by atoms with Gasteiger partial charge in [0.25, 0.3) is 5.56 Å². The van der Waals surface area contributed by atoms with Gasteiger partial charge < -0.3 is 4.57 Å². The number of nitrogens with zero attached hydrogens (tertiary/aromatic N) is 2. The lowest BCUT2D eigenvalue weighted by Crippen LogP contribution is -2.28. The van der Waals surface area contributed by atoms with E-state index >= 15 is 0 Å². The van der Waals surface area contributed by atoms with Gasteiger partial charge in [0.15, 0.2) is 0 Å². The zero-order chi connectivity index (χ0) is 18.7. The zero-order valence-corrected chi connectivity index (χ0v) is 13.5. The van der Waals surface area contributed by atoms with Gasteiger partial charge >= 0.3 is 6.18 Å². The van der Waals surface area contributed by atoms with E-state index in [1.54, 1.807) is 60.7 Å². The zero-order valence-electron chi connectivity index (χ0n) is 13.5. The van der Waals surface area contributed by atoms with Crippen LogP contribution in [0.25, 0.3) is 11.3 Å². The van der Waals surface area contributed by atoms with Crippen molar-refractivity contribution in [1.29, 1.82) is 5.26 Å². The molecule has 0 saturated carbocycles. The molecule has 0 radical (unpaired) electrons. The van der Waals surface area contributed by atoms with E-state index in [9.17, 15) is 18.0 Å². The van der Waals surface area contributed by atoms with E-state index in [4.69, 9.17) is 5.26 Å². The van der Waals surface area contributed by atoms with Gasteiger partial charge in [-0.2, -0.15) is 18.4 Å². The predicted octanol–water partition coefficient (Wildman–Crippen LogP) is 4.45. The summed E-state index contributed by atoms with van der Waals surface area (Å²) in [4.78, 5) is 12.7. The molecule has 0 bridgehead atoms. The van der Waals surface area contributed by atoms with Crippen LogP contribution in [-0.2, 0) is 12.7 Å². The Labute approximate surface area is 147 Å². The maximum Gasteiger partial charge on any atom is 0.417 e. The van der Waals surface area contributed by atoms with Crippen LogP contribution in [0.4, 0.5) is 13.2 Å². The maximum absolute atomic E-state index is 13.4. The van der Waals surface area contributed by atoms with E-state index in [2.05, 4.69) is 0 Å². The number of aromatic nitrogens is 1. The lowest BCUT2D eigenvalue weighted by molar-refractivity contribution is -0.137. The van der Waals surface area contributed by atoms with Gasteiger partial charge in [-0.1, -0.05) is 60.7 Å². The Morgan fingerprint density at radius 3 is 2.08 bits per heavy atom. The summed E-state index contributed by atoms with van der Waals surface area (Å²) in [5.74, 6) is 0. The first kappa shape index (κ1) is 17.5. The highest BCUT2D eigenvalue weighted by Crippen LogP contribution is 2.33. The van der Waals surface area contributed by atoms with Crippen LogP contribution >= 0.6 is 0 Å². The number of pyridine rings is 1. The monoisotopic (exact) mass is 354 g/mol. The highest BCUT2D eigenvalue weighted by molar-refractivity contribution is 5.62. The molecule has 3 aromatic rings. The predicted molar refractivity (Wildman–Crippen MR) is 91.4 cm³/mol. The van der Waals surface area contributed by atoms with Crippen molar-refractivity contribution < 1.29 is 13.2 Å². The van der Waals surface area contributed by atoms with E-state index in [0.717, 1.165) is 11.6 Å². The van der Waals surface area contributed by atoms with E-state index < -0.39 is 22.9 Å². The fourth-order valence-corrected chi connectivity index (χ4v) is 2.75. The molecule has 0 atom stereocenters. The van der Waals surface area contributed by atoms with Crippen molar-refractivity contribution in [3.05, 3.63) is 93.8 Å². The fraction of sp³-hybridized carbons (Fsp3) is 0.100. The molecular formula is C20H13F3N2O. The minimum atomic E-state index is -4.79. The van der Waals surface area contributed by atoms with Crippen LogP contribution in [0.15, 0.2) is 71.5 Å². The molecule has 26 heavy (non-hydrogen) atoms. The summed E-state index contributed by atoms with van der Waals surface area (Å²) >= 11 is 0. The lowest BCUT2D eigenvalue weighted by atomic mass is 10.0. The molecule has 0 amide bonds. The molecule has 0 aliphatic heterocycles. The number of hydrogen-bond donors (Lipinski definition) is 0. The molecular weight excluding hydrogens is 341 g/mol. The summed E-state index contributed by atoms with van der Waals surface area (Å²) in [5, 5.41) is 9.15. The van der Waals surface area contributed by atoms with Crippen LogP contribution in [0.1, 0.15) is 16.7 Å². The van der Waals surface area contributed by atoms with Crippen molar-refractivity contribution in [2.24, 2.45) is 0 Å². The fourth-order valence-electron chi connectivity index (χ4n) is 2.75. The van der Waals surface area contributed by atoms with Crippen LogP contribution in [0.3, 0.4) is 0 Å². The molecule has 3 nitrogen and oxygen atoms in total. The number of hydrogen-bond acceptors (Lipinski definition) is 2. The second kappa shape index (κ2) is 6.89. The van der Waals surface area contributed by atoms with Crippen LogP contribution in [0, 0.1) is 11.3 Å². The van der Waals surface area contributed by atoms with E-state index in [0.29, 0.717) is 5.56 Å². The van der Waals surface area contributed by atoms with Crippen molar-refractivity contribution in [1.82, 2.24) is 4.57 Å². The Balaban J connectivity index is 2.31. The second-order valence-corrected chi connectivity index (χ2v) is 5.67. The number of nitriles is 1. The Kier molecular flexibility index (Phi) is 4.63. The SMILES string of the molecule is N#Cc1c(C(F)(F)F)cc(-c2ccccc2)n(Cc2ccccc2)c1=O. The molecule has 1 aromatic heterocycles. The summed E-state index contributed by atoms with van der Waals surface area (Å²) in [6.07, 6.45) is -4.79. The van der Waals surface area contributed by atoms with Gasteiger partial charge in [-0.05, 0) is 17.2 Å². The largest absolute Gasteiger partial charge is 0.417 e. The second-order valence-electron chi connectivity index (χ2n) is 5.67. The van der Waals surface area contributed by atoms with Crippen molar-refractivity contribution >= 4 is 0 Å². The van der Waals surface area contributed by atoms with Crippen molar-refractivity contribution in [2.75, 3.05) is 0 Å². The number of rotatable bonds is 3. The standard InChI is InChI=1S/C20H13F3N2O/c21-20(22,23)17-11-18(15-9-5-2-6-10-15)25(19(26)16(17)12-24)13-14-7-3-1-4-8-14/h1-11H,13H2. The van der Waals surface area contributed by atoms with Crippen molar-refractivity contribution in [2.45, 2.75) is 12.7 Å². The van der Waals surface area contributed by atoms with Gasteiger partial charge in [0.2, 0.25) is 0 Å². The third-order valence-electron chi connectivity index (χ3n) is 3.97. The first-order chi connectivity index (χ1) is 12.4. The van der Waals surface area contributed by atoms with E-state index in [1.807, 2.05) is 0 Å². The Bertz CT molecular complexity index is 1020. The van der Waals surface area contributed by atoms with Crippen LogP contribution in [-0.4, -0.2) is 4.57 Å². The van der Waals surface area contributed by atoms with Crippen LogP contribution in [0.2, 0.25) is 0 Å². The van der Waals surface area contributed by atoms with Gasteiger partial charge in [-0.15, -0.1) is 0 Å². The molecule has 3 rings (SSSR count). The molecule has 0 aliphatic rings. The van der Waals surface area contributed by atoms with Gasteiger partial charge in [-0.25, -0.2) is 0 Å². The number of halogens is 3. The lowest BCUT2D eigenvalue weighted by Gasteiger charge is -2.17. The summed E-state index contributed by atoms with van der Waals surface area (Å²) in [7, 11) is 0. The van der Waals surface area contributed by atoms with Gasteiger partial charge in [0.05, 0.1) is 17.8 Å². The maximum atomic E-state index is 13.4. The topological polar surface area (TPSA) is 45.8 Å². The summed E-state index contributed by atoms with van der Waals surface area (Å²) < 4.78 is 41.3. The molecule has 0 spiro atoms. The third-order valence-corrected chi connectivity index (χ3v) is 3.97. The van der Waals surface area contributed by atoms with Crippen molar-refractivity contribution in [3.8, 4) is 17.3 Å². The number of benzene rings is 2. The van der Waals surface area contributed by atoms with E-state index in [1.165, 1.54) is 10.6 Å². The third kappa shape index (κ3) is 3.38. The summed E-state index contributed by atoms with van der Waals surface area (Å²) in [6, 6.07) is 19.5. The van der Waals surface area contributed by atoms with Gasteiger partial charge in [-0.3, -0.25) is 4.79 Å². The van der Waals surface area contributed by atoms with Gasteiger partial charge in [0.1, 0.15) is 11.6 Å². The Hall–Kier alpha value is -3.33. The van der Waals surface area contributed by atoms with Crippen molar-refractivity contribution in [3.63, 3.8) is 0 Å². The minimum absolute atomic E-state index is 0.0662. The molecule has 0 fully saturated rings. The van der Waals surface area contributed by atoms with Crippen LogP contribution < -0.4 is 5.56 Å². The first-order valence-electron chi connectivity index (χ1n) is 7.76. The number of alkyl halides is 3. The summed E-state index contributed by atoms with van der Waals surface area (Å²) in [6.45, 7) is 0.0662. The Morgan fingerprint density at radius 1 is 0.962 bits per heavy atom. The Morgan fingerprint density at radius 2 is 1.54 bits per heavy atom. The van der Waals surface area contributed by atoms with Crippen LogP contribution in [0.5, 0.6) is 0 Å². The average Bonchev–Trinajstić information content (AvgIpc) is 2.63. The molecule has 6 heteroatoms. The molecule has 1 heterocycles. The molecule has 0 saturated heterocycles. The molecule has 130 valence electrons. The highest BCUT2D eigenvalue weighted by atomic mass is 19.4. The minimum Gasteiger partial charge on any atom is -0.303 e. The molecule has 0 N–H and O–H groups in total. The molecule has 0 aliphatic carbocycles. The van der Waals surface area contributed by atoms with Gasteiger partial charge in [0, 0.05) is 0 Å². The average molecular weight is 354 g/mol. The highest BCUT2D eigenvalue weighted by Gasteiger charge is 2.36. The first-order valence-corrected chi connectivity index (χ1v) is 7.76. The normalized spacial score (nSPS) is 11.2.